The number of nitrogens with zero attached hydrogens (tertiary/aromatic N) is 2. The maximum absolute atomic E-state index is 13.0. The van der Waals surface area contributed by atoms with Gasteiger partial charge in [0.2, 0.25) is 0 Å². The largest absolute Gasteiger partial charge is 0.481 e. The highest BCUT2D eigenvalue weighted by molar-refractivity contribution is 5.66. The monoisotopic (exact) mass is 308 g/mol. The van der Waals surface area contributed by atoms with Gasteiger partial charge in [0.25, 0.3) is 0 Å². The van der Waals surface area contributed by atoms with E-state index >= 15 is 0 Å². The number of carboxylic acids is 1. The molecular formula is C17H25FN2O2. The number of hydrogen-bond acceptors (Lipinski definition) is 2. The molecule has 22 heavy (non-hydrogen) atoms. The molecule has 0 bridgehead atoms. The van der Waals surface area contributed by atoms with Gasteiger partial charge >= 0.3 is 5.97 Å². The standard InChI is InChI=1S/C13H13FN2O2.2C2H6/c14-11-3-1-2-10(6-11)8-16-9-15-7-12(16)4-5-13(17)18;2*1-2/h1-3,6-7,9H,4-5,8H2,(H,17,18);2*1-2H3. The van der Waals surface area contributed by atoms with Crippen molar-refractivity contribution >= 4 is 5.97 Å². The molecule has 2 rings (SSSR count). The molecule has 0 radical (unpaired) electrons. The minimum Gasteiger partial charge on any atom is -0.481 e. The summed E-state index contributed by atoms with van der Waals surface area (Å²) < 4.78 is 14.9. The molecule has 0 unspecified atom stereocenters. The smallest absolute Gasteiger partial charge is 0.303 e. The lowest BCUT2D eigenvalue weighted by molar-refractivity contribution is -0.136. The predicted molar refractivity (Wildman–Crippen MR) is 86.4 cm³/mol. The lowest BCUT2D eigenvalue weighted by Crippen LogP contribution is -2.06. The molecule has 1 aromatic heterocycles. The SMILES string of the molecule is CC.CC.O=C(O)CCc1cncn1Cc1cccc(F)c1. The van der Waals surface area contributed by atoms with Crippen molar-refractivity contribution in [2.45, 2.75) is 47.1 Å². The van der Waals surface area contributed by atoms with E-state index in [0.29, 0.717) is 13.0 Å². The van der Waals surface area contributed by atoms with Crippen molar-refractivity contribution in [2.24, 2.45) is 0 Å². The molecule has 5 heteroatoms. The third-order valence-electron chi connectivity index (χ3n) is 2.64. The summed E-state index contributed by atoms with van der Waals surface area (Å²) in [5.74, 6) is -1.12. The topological polar surface area (TPSA) is 55.1 Å². The van der Waals surface area contributed by atoms with Crippen LogP contribution in [0.1, 0.15) is 45.4 Å². The number of hydrogen-bond donors (Lipinski definition) is 1. The number of halogens is 1. The van der Waals surface area contributed by atoms with Gasteiger partial charge in [0.05, 0.1) is 12.7 Å². The summed E-state index contributed by atoms with van der Waals surface area (Å²) in [4.78, 5) is 14.5. The van der Waals surface area contributed by atoms with E-state index in [1.54, 1.807) is 18.6 Å². The van der Waals surface area contributed by atoms with Gasteiger partial charge in [-0.1, -0.05) is 39.8 Å². The summed E-state index contributed by atoms with van der Waals surface area (Å²) in [5.41, 5.74) is 1.66. The van der Waals surface area contributed by atoms with E-state index in [-0.39, 0.29) is 12.2 Å². The predicted octanol–water partition coefficient (Wildman–Crippen LogP) is 4.14. The Balaban J connectivity index is 0.00000102. The van der Waals surface area contributed by atoms with Gasteiger partial charge < -0.3 is 9.67 Å². The molecule has 0 aliphatic rings. The summed E-state index contributed by atoms with van der Waals surface area (Å²) in [5, 5.41) is 8.65. The molecule has 0 spiro atoms. The molecule has 1 N–H and O–H groups in total. The minimum absolute atomic E-state index is 0.0643. The van der Waals surface area contributed by atoms with Crippen molar-refractivity contribution < 1.29 is 14.3 Å². The molecule has 1 heterocycles. The highest BCUT2D eigenvalue weighted by Crippen LogP contribution is 2.09. The normalized spacial score (nSPS) is 9.14. The third-order valence-corrected chi connectivity index (χ3v) is 2.64. The summed E-state index contributed by atoms with van der Waals surface area (Å²) in [6, 6.07) is 6.33. The lowest BCUT2D eigenvalue weighted by Gasteiger charge is -2.07. The van der Waals surface area contributed by atoms with E-state index in [1.807, 2.05) is 38.3 Å². The molecular weight excluding hydrogens is 283 g/mol. The number of aryl methyl sites for hydroxylation is 1. The first-order valence-electron chi connectivity index (χ1n) is 7.60. The van der Waals surface area contributed by atoms with Crippen molar-refractivity contribution in [2.75, 3.05) is 0 Å². The molecule has 0 saturated heterocycles. The van der Waals surface area contributed by atoms with Crippen LogP contribution < -0.4 is 0 Å². The first kappa shape index (κ1) is 19.8. The van der Waals surface area contributed by atoms with E-state index in [4.69, 9.17) is 5.11 Å². The van der Waals surface area contributed by atoms with E-state index in [2.05, 4.69) is 4.98 Å². The highest BCUT2D eigenvalue weighted by Gasteiger charge is 2.06. The van der Waals surface area contributed by atoms with Gasteiger partial charge in [-0.3, -0.25) is 4.79 Å². The number of aromatic nitrogens is 2. The highest BCUT2D eigenvalue weighted by atomic mass is 19.1. The Kier molecular flexibility index (Phi) is 10.4. The number of carbonyl (C=O) groups is 1. The van der Waals surface area contributed by atoms with Crippen molar-refractivity contribution in [3.63, 3.8) is 0 Å². The lowest BCUT2D eigenvalue weighted by atomic mass is 10.2. The Morgan fingerprint density at radius 2 is 1.95 bits per heavy atom. The van der Waals surface area contributed by atoms with Gasteiger partial charge in [-0.05, 0) is 24.1 Å². The Bertz CT molecular complexity index is 553. The van der Waals surface area contributed by atoms with Crippen LogP contribution in [0.4, 0.5) is 4.39 Å². The fourth-order valence-electron chi connectivity index (χ4n) is 1.77. The van der Waals surface area contributed by atoms with Crippen LogP contribution in [0, 0.1) is 5.82 Å². The van der Waals surface area contributed by atoms with Crippen molar-refractivity contribution in [3.05, 3.63) is 53.9 Å². The Morgan fingerprint density at radius 1 is 1.27 bits per heavy atom. The summed E-state index contributed by atoms with van der Waals surface area (Å²) in [6.07, 6.45) is 3.75. The fraction of sp³-hybridized carbons (Fsp3) is 0.412. The molecule has 1 aromatic carbocycles. The maximum atomic E-state index is 13.0. The van der Waals surface area contributed by atoms with E-state index in [0.717, 1.165) is 11.3 Å². The van der Waals surface area contributed by atoms with Crippen LogP contribution in [0.2, 0.25) is 0 Å². The van der Waals surface area contributed by atoms with E-state index in [9.17, 15) is 9.18 Å². The molecule has 0 saturated carbocycles. The van der Waals surface area contributed by atoms with Crippen LogP contribution in [0.5, 0.6) is 0 Å². The molecule has 2 aromatic rings. The van der Waals surface area contributed by atoms with Crippen molar-refractivity contribution in [1.29, 1.82) is 0 Å². The zero-order valence-corrected chi connectivity index (χ0v) is 13.7. The Morgan fingerprint density at radius 3 is 2.55 bits per heavy atom. The van der Waals surface area contributed by atoms with Crippen LogP contribution >= 0.6 is 0 Å². The van der Waals surface area contributed by atoms with Crippen molar-refractivity contribution in [1.82, 2.24) is 9.55 Å². The van der Waals surface area contributed by atoms with Crippen LogP contribution in [-0.2, 0) is 17.8 Å². The number of benzene rings is 1. The van der Waals surface area contributed by atoms with Crippen LogP contribution in [0.15, 0.2) is 36.8 Å². The third kappa shape index (κ3) is 7.02. The molecule has 0 atom stereocenters. The van der Waals surface area contributed by atoms with Gasteiger partial charge in [0.1, 0.15) is 5.82 Å². The summed E-state index contributed by atoms with van der Waals surface area (Å²) in [7, 11) is 0. The molecule has 0 fully saturated rings. The second-order valence-electron chi connectivity index (χ2n) is 4.04. The minimum atomic E-state index is -0.839. The molecule has 4 nitrogen and oxygen atoms in total. The number of imidazole rings is 1. The quantitative estimate of drug-likeness (QED) is 0.903. The van der Waals surface area contributed by atoms with Crippen LogP contribution in [0.25, 0.3) is 0 Å². The second kappa shape index (κ2) is 11.5. The average molecular weight is 308 g/mol. The summed E-state index contributed by atoms with van der Waals surface area (Å²) >= 11 is 0. The number of rotatable bonds is 5. The van der Waals surface area contributed by atoms with E-state index < -0.39 is 5.97 Å². The zero-order chi connectivity index (χ0) is 17.0. The average Bonchev–Trinajstić information content (AvgIpc) is 2.96. The number of aliphatic carboxylic acids is 1. The zero-order valence-electron chi connectivity index (χ0n) is 13.7. The maximum Gasteiger partial charge on any atom is 0.303 e. The second-order valence-corrected chi connectivity index (χ2v) is 4.04. The van der Waals surface area contributed by atoms with Crippen LogP contribution in [0.3, 0.4) is 0 Å². The Hall–Kier alpha value is -2.17. The fourth-order valence-corrected chi connectivity index (χ4v) is 1.77. The summed E-state index contributed by atoms with van der Waals surface area (Å²) in [6.45, 7) is 8.49. The first-order valence-corrected chi connectivity index (χ1v) is 7.60. The van der Waals surface area contributed by atoms with Gasteiger partial charge in [0.15, 0.2) is 0 Å². The van der Waals surface area contributed by atoms with Crippen LogP contribution in [-0.4, -0.2) is 20.6 Å². The molecule has 0 aliphatic heterocycles. The van der Waals surface area contributed by atoms with Gasteiger partial charge in [-0.2, -0.15) is 0 Å². The van der Waals surface area contributed by atoms with Crippen molar-refractivity contribution in [3.8, 4) is 0 Å². The first-order chi connectivity index (χ1) is 10.6. The molecule has 122 valence electrons. The van der Waals surface area contributed by atoms with Gasteiger partial charge in [-0.15, -0.1) is 0 Å². The van der Waals surface area contributed by atoms with E-state index in [1.165, 1.54) is 12.1 Å². The van der Waals surface area contributed by atoms with Gasteiger partial charge in [0, 0.05) is 18.4 Å². The molecule has 0 aliphatic carbocycles. The molecule has 0 amide bonds. The number of carboxylic acid groups (broad SMARTS) is 1. The van der Waals surface area contributed by atoms with Gasteiger partial charge in [-0.25, -0.2) is 9.37 Å². The Labute approximate surface area is 131 Å².